The number of aliphatic hydroxyl groups excluding tert-OH is 1. The lowest BCUT2D eigenvalue weighted by Gasteiger charge is -2.58. The van der Waals surface area contributed by atoms with E-state index in [1.807, 2.05) is 13.8 Å². The first-order chi connectivity index (χ1) is 15.3. The number of hydrogen-bond donors (Lipinski definition) is 1. The second-order valence-electron chi connectivity index (χ2n) is 9.32. The lowest BCUT2D eigenvalue weighted by molar-refractivity contribution is -0.0495. The SMILES string of the molecule is C[C@@H]1COC[C@H](C)N1C(=O)c1cc(F)ccc1Oc1cncnc1N1CC2(CC(O)C2)C1. The van der Waals surface area contributed by atoms with Gasteiger partial charge in [0.15, 0.2) is 11.6 Å². The van der Waals surface area contributed by atoms with Crippen molar-refractivity contribution < 1.29 is 23.8 Å². The van der Waals surface area contributed by atoms with Gasteiger partial charge in [0.25, 0.3) is 5.91 Å². The highest BCUT2D eigenvalue weighted by Gasteiger charge is 2.52. The molecule has 3 aliphatic rings. The monoisotopic (exact) mass is 442 g/mol. The molecule has 0 unspecified atom stereocenters. The normalized spacial score (nSPS) is 24.8. The maximum absolute atomic E-state index is 14.1. The number of morpholine rings is 1. The van der Waals surface area contributed by atoms with E-state index in [9.17, 15) is 14.3 Å². The van der Waals surface area contributed by atoms with Crippen molar-refractivity contribution in [3.05, 3.63) is 42.1 Å². The third kappa shape index (κ3) is 3.69. The molecule has 2 atom stereocenters. The average molecular weight is 442 g/mol. The Labute approximate surface area is 186 Å². The van der Waals surface area contributed by atoms with Crippen molar-refractivity contribution in [2.24, 2.45) is 5.41 Å². The molecule has 8 nitrogen and oxygen atoms in total. The van der Waals surface area contributed by atoms with Crippen LogP contribution in [0.2, 0.25) is 0 Å². The fraction of sp³-hybridized carbons (Fsp3) is 0.522. The summed E-state index contributed by atoms with van der Waals surface area (Å²) in [6.45, 7) is 6.26. The van der Waals surface area contributed by atoms with Crippen LogP contribution in [-0.2, 0) is 4.74 Å². The van der Waals surface area contributed by atoms with Crippen molar-refractivity contribution >= 4 is 11.7 Å². The molecule has 9 heteroatoms. The number of anilines is 1. The van der Waals surface area contributed by atoms with Gasteiger partial charge < -0.3 is 24.4 Å². The summed E-state index contributed by atoms with van der Waals surface area (Å²) in [4.78, 5) is 25.7. The Morgan fingerprint density at radius 2 is 1.94 bits per heavy atom. The van der Waals surface area contributed by atoms with Gasteiger partial charge in [-0.25, -0.2) is 14.4 Å². The largest absolute Gasteiger partial charge is 0.451 e. The quantitative estimate of drug-likeness (QED) is 0.779. The Balaban J connectivity index is 1.41. The molecule has 1 amide bonds. The van der Waals surface area contributed by atoms with E-state index in [1.165, 1.54) is 24.5 Å². The van der Waals surface area contributed by atoms with Crippen LogP contribution >= 0.6 is 0 Å². The molecule has 1 spiro atoms. The maximum Gasteiger partial charge on any atom is 0.258 e. The van der Waals surface area contributed by atoms with E-state index in [1.54, 1.807) is 11.1 Å². The summed E-state index contributed by atoms with van der Waals surface area (Å²) >= 11 is 0. The minimum Gasteiger partial charge on any atom is -0.451 e. The Bertz CT molecular complexity index is 1010. The Kier molecular flexibility index (Phi) is 5.25. The molecule has 1 N–H and O–H groups in total. The van der Waals surface area contributed by atoms with E-state index < -0.39 is 5.82 Å². The van der Waals surface area contributed by atoms with Crippen molar-refractivity contribution in [1.29, 1.82) is 0 Å². The minimum absolute atomic E-state index is 0.131. The van der Waals surface area contributed by atoms with Crippen LogP contribution in [0.15, 0.2) is 30.7 Å². The molecule has 2 aliphatic heterocycles. The third-order valence-electron chi connectivity index (χ3n) is 6.64. The van der Waals surface area contributed by atoms with E-state index in [4.69, 9.17) is 9.47 Å². The van der Waals surface area contributed by atoms with Crippen molar-refractivity contribution in [2.75, 3.05) is 31.2 Å². The fourth-order valence-electron chi connectivity index (χ4n) is 5.15. The second-order valence-corrected chi connectivity index (χ2v) is 9.32. The van der Waals surface area contributed by atoms with Gasteiger partial charge in [-0.1, -0.05) is 0 Å². The zero-order chi connectivity index (χ0) is 22.5. The second kappa shape index (κ2) is 7.97. The number of rotatable bonds is 4. The number of benzene rings is 1. The number of carbonyl (C=O) groups is 1. The molecule has 1 saturated carbocycles. The zero-order valence-electron chi connectivity index (χ0n) is 18.2. The number of carbonyl (C=O) groups excluding carboxylic acids is 1. The topological polar surface area (TPSA) is 88.0 Å². The van der Waals surface area contributed by atoms with Gasteiger partial charge in [0.05, 0.1) is 43.2 Å². The lowest BCUT2D eigenvalue weighted by Crippen LogP contribution is -2.64. The van der Waals surface area contributed by atoms with Crippen LogP contribution in [0.3, 0.4) is 0 Å². The summed E-state index contributed by atoms with van der Waals surface area (Å²) in [6, 6.07) is 3.69. The van der Waals surface area contributed by atoms with Crippen molar-refractivity contribution in [3.63, 3.8) is 0 Å². The van der Waals surface area contributed by atoms with Crippen LogP contribution in [0.1, 0.15) is 37.0 Å². The Morgan fingerprint density at radius 3 is 2.62 bits per heavy atom. The lowest BCUT2D eigenvalue weighted by atomic mass is 9.62. The van der Waals surface area contributed by atoms with E-state index in [0.717, 1.165) is 25.9 Å². The van der Waals surface area contributed by atoms with E-state index in [2.05, 4.69) is 14.9 Å². The van der Waals surface area contributed by atoms with Crippen molar-refractivity contribution in [2.45, 2.75) is 44.9 Å². The number of nitrogens with zero attached hydrogens (tertiary/aromatic N) is 4. The summed E-state index contributed by atoms with van der Waals surface area (Å²) in [5, 5.41) is 9.66. The van der Waals surface area contributed by atoms with Crippen LogP contribution < -0.4 is 9.64 Å². The molecule has 5 rings (SSSR count). The molecule has 1 aromatic heterocycles. The molecule has 3 fully saturated rings. The van der Waals surface area contributed by atoms with Crippen LogP contribution in [0.4, 0.5) is 10.2 Å². The van der Waals surface area contributed by atoms with E-state index >= 15 is 0 Å². The molecule has 1 aromatic carbocycles. The highest BCUT2D eigenvalue weighted by molar-refractivity contribution is 5.97. The molecule has 3 heterocycles. The first-order valence-corrected chi connectivity index (χ1v) is 11.0. The van der Waals surface area contributed by atoms with Crippen molar-refractivity contribution in [3.8, 4) is 11.5 Å². The van der Waals surface area contributed by atoms with Crippen molar-refractivity contribution in [1.82, 2.24) is 14.9 Å². The number of amides is 1. The molecule has 170 valence electrons. The van der Waals surface area contributed by atoms with Gasteiger partial charge in [-0.15, -0.1) is 0 Å². The van der Waals surface area contributed by atoms with Crippen LogP contribution in [-0.4, -0.2) is 70.4 Å². The predicted molar refractivity (Wildman–Crippen MR) is 114 cm³/mol. The average Bonchev–Trinajstić information content (AvgIpc) is 2.71. The Morgan fingerprint density at radius 1 is 1.22 bits per heavy atom. The van der Waals surface area contributed by atoms with Gasteiger partial charge in [0.2, 0.25) is 0 Å². The number of aliphatic hydroxyl groups is 1. The summed E-state index contributed by atoms with van der Waals surface area (Å²) in [7, 11) is 0. The van der Waals surface area contributed by atoms with Gasteiger partial charge in [-0.05, 0) is 44.9 Å². The molecular formula is C23H27FN4O4. The van der Waals surface area contributed by atoms with Gasteiger partial charge in [0, 0.05) is 18.5 Å². The zero-order valence-corrected chi connectivity index (χ0v) is 18.2. The molecule has 32 heavy (non-hydrogen) atoms. The van der Waals surface area contributed by atoms with Gasteiger partial charge in [-0.2, -0.15) is 0 Å². The summed E-state index contributed by atoms with van der Waals surface area (Å²) < 4.78 is 25.8. The molecule has 2 aromatic rings. The molecule has 1 aliphatic carbocycles. The molecular weight excluding hydrogens is 415 g/mol. The fourth-order valence-corrected chi connectivity index (χ4v) is 5.15. The Hall–Kier alpha value is -2.78. The summed E-state index contributed by atoms with van der Waals surface area (Å²) in [5.74, 6) is 0.487. The first-order valence-electron chi connectivity index (χ1n) is 11.0. The van der Waals surface area contributed by atoms with E-state index in [0.29, 0.717) is 24.8 Å². The van der Waals surface area contributed by atoms with Crippen LogP contribution in [0, 0.1) is 11.2 Å². The number of ether oxygens (including phenoxy) is 2. The van der Waals surface area contributed by atoms with Gasteiger partial charge >= 0.3 is 0 Å². The number of hydrogen-bond acceptors (Lipinski definition) is 7. The minimum atomic E-state index is -0.507. The summed E-state index contributed by atoms with van der Waals surface area (Å²) in [6.07, 6.45) is 4.40. The van der Waals surface area contributed by atoms with Gasteiger partial charge in [-0.3, -0.25) is 4.79 Å². The number of halogens is 1. The third-order valence-corrected chi connectivity index (χ3v) is 6.64. The predicted octanol–water partition coefficient (Wildman–Crippen LogP) is 2.62. The first kappa shape index (κ1) is 21.1. The van der Waals surface area contributed by atoms with E-state index in [-0.39, 0.29) is 40.8 Å². The smallest absolute Gasteiger partial charge is 0.258 e. The molecule has 0 radical (unpaired) electrons. The number of aromatic nitrogens is 2. The highest BCUT2D eigenvalue weighted by Crippen LogP contribution is 2.50. The molecule has 0 bridgehead atoms. The van der Waals surface area contributed by atoms with Crippen LogP contribution in [0.5, 0.6) is 11.5 Å². The van der Waals surface area contributed by atoms with Crippen LogP contribution in [0.25, 0.3) is 0 Å². The molecule has 2 saturated heterocycles. The maximum atomic E-state index is 14.1. The standard InChI is InChI=1S/C23H27FN4O4/c1-14-9-31-10-15(2)28(14)22(30)18-5-16(24)3-4-19(18)32-20-8-25-13-26-21(20)27-11-23(12-27)6-17(29)7-23/h3-5,8,13-15,17,29H,6-7,9-12H2,1-2H3/t14-,15+. The highest BCUT2D eigenvalue weighted by atomic mass is 19.1. The van der Waals surface area contributed by atoms with Gasteiger partial charge in [0.1, 0.15) is 17.9 Å². The summed E-state index contributed by atoms with van der Waals surface area (Å²) in [5.41, 5.74) is 0.309.